The summed E-state index contributed by atoms with van der Waals surface area (Å²) < 4.78 is 1.75. The standard InChI is InChI=1S/C8H8BN3/c1-10-6-2-3-12-8(4-6)7(9)5-11-12/h2-5,10H,1H3. The Balaban J connectivity index is 2.71. The van der Waals surface area contributed by atoms with E-state index in [1.165, 1.54) is 0 Å². The third-order valence-electron chi connectivity index (χ3n) is 1.84. The average Bonchev–Trinajstić information content (AvgIpc) is 2.47. The molecule has 0 unspecified atom stereocenters. The molecule has 0 aliphatic rings. The first-order valence-electron chi connectivity index (χ1n) is 3.72. The average molecular weight is 157 g/mol. The van der Waals surface area contributed by atoms with Gasteiger partial charge < -0.3 is 5.32 Å². The Kier molecular flexibility index (Phi) is 1.53. The molecule has 1 N–H and O–H groups in total. The lowest BCUT2D eigenvalue weighted by Crippen LogP contribution is -2.00. The molecule has 0 bridgehead atoms. The number of fused-ring (bicyclic) bond motifs is 1. The van der Waals surface area contributed by atoms with Crippen LogP contribution in [0.2, 0.25) is 0 Å². The third kappa shape index (κ3) is 0.960. The van der Waals surface area contributed by atoms with E-state index < -0.39 is 0 Å². The summed E-state index contributed by atoms with van der Waals surface area (Å²) in [6.45, 7) is 0. The Labute approximate surface area is 71.8 Å². The van der Waals surface area contributed by atoms with Crippen molar-refractivity contribution in [1.82, 2.24) is 9.61 Å². The summed E-state index contributed by atoms with van der Waals surface area (Å²) in [6.07, 6.45) is 3.52. The van der Waals surface area contributed by atoms with E-state index in [0.717, 1.165) is 11.2 Å². The number of rotatable bonds is 1. The Morgan fingerprint density at radius 2 is 2.42 bits per heavy atom. The van der Waals surface area contributed by atoms with Crippen LogP contribution in [0.5, 0.6) is 0 Å². The molecule has 0 aliphatic heterocycles. The van der Waals surface area contributed by atoms with E-state index in [9.17, 15) is 0 Å². The molecule has 2 aromatic heterocycles. The van der Waals surface area contributed by atoms with Crippen molar-refractivity contribution < 1.29 is 0 Å². The number of nitrogens with one attached hydrogen (secondary N) is 1. The summed E-state index contributed by atoms with van der Waals surface area (Å²) in [5.41, 5.74) is 2.67. The van der Waals surface area contributed by atoms with Crippen LogP contribution < -0.4 is 10.8 Å². The van der Waals surface area contributed by atoms with Gasteiger partial charge in [0.15, 0.2) is 0 Å². The summed E-state index contributed by atoms with van der Waals surface area (Å²) in [5.74, 6) is 0. The van der Waals surface area contributed by atoms with E-state index in [1.807, 2.05) is 25.4 Å². The molecule has 0 aromatic carbocycles. The van der Waals surface area contributed by atoms with Gasteiger partial charge in [-0.25, -0.2) is 4.52 Å². The first-order valence-corrected chi connectivity index (χ1v) is 3.72. The van der Waals surface area contributed by atoms with Crippen LogP contribution in [0.4, 0.5) is 5.69 Å². The van der Waals surface area contributed by atoms with Gasteiger partial charge in [-0.3, -0.25) is 0 Å². The largest absolute Gasteiger partial charge is 0.388 e. The highest BCUT2D eigenvalue weighted by Gasteiger charge is 1.98. The van der Waals surface area contributed by atoms with E-state index in [0.29, 0.717) is 5.46 Å². The number of hydrogen-bond acceptors (Lipinski definition) is 2. The normalized spacial score (nSPS) is 10.4. The van der Waals surface area contributed by atoms with E-state index in [-0.39, 0.29) is 0 Å². The monoisotopic (exact) mass is 157 g/mol. The zero-order valence-corrected chi connectivity index (χ0v) is 6.78. The summed E-state index contributed by atoms with van der Waals surface area (Å²) in [7, 11) is 7.56. The smallest absolute Gasteiger partial charge is 0.119 e. The minimum atomic E-state index is 0.701. The van der Waals surface area contributed by atoms with Gasteiger partial charge in [-0.2, -0.15) is 5.10 Å². The first-order chi connectivity index (χ1) is 5.81. The van der Waals surface area contributed by atoms with E-state index in [4.69, 9.17) is 7.85 Å². The molecule has 0 saturated heterocycles. The molecule has 0 aliphatic carbocycles. The molecule has 2 rings (SSSR count). The van der Waals surface area contributed by atoms with Crippen molar-refractivity contribution in [3.63, 3.8) is 0 Å². The molecular formula is C8H8BN3. The second kappa shape index (κ2) is 2.55. The second-order valence-electron chi connectivity index (χ2n) is 2.60. The molecule has 2 heterocycles. The van der Waals surface area contributed by atoms with Gasteiger partial charge in [0.2, 0.25) is 0 Å². The molecule has 12 heavy (non-hydrogen) atoms. The van der Waals surface area contributed by atoms with Crippen molar-refractivity contribution >= 4 is 24.5 Å². The first kappa shape index (κ1) is 7.22. The van der Waals surface area contributed by atoms with Gasteiger partial charge in [-0.1, -0.05) is 5.46 Å². The number of hydrogen-bond donors (Lipinski definition) is 1. The van der Waals surface area contributed by atoms with Crippen LogP contribution in [0.25, 0.3) is 5.52 Å². The van der Waals surface area contributed by atoms with Crippen LogP contribution >= 0.6 is 0 Å². The highest BCUT2D eigenvalue weighted by Crippen LogP contribution is 2.08. The number of pyridine rings is 1. The lowest BCUT2D eigenvalue weighted by atomic mass is 9.98. The molecule has 0 fully saturated rings. The molecule has 58 valence electrons. The predicted octanol–water partition coefficient (Wildman–Crippen LogP) is 0.170. The van der Waals surface area contributed by atoms with Gasteiger partial charge in [0.1, 0.15) is 7.85 Å². The summed E-state index contributed by atoms with van der Waals surface area (Å²) >= 11 is 0. The van der Waals surface area contributed by atoms with Gasteiger partial charge >= 0.3 is 0 Å². The quantitative estimate of drug-likeness (QED) is 0.597. The number of nitrogens with zero attached hydrogens (tertiary/aromatic N) is 2. The van der Waals surface area contributed by atoms with Crippen LogP contribution in [0, 0.1) is 0 Å². The van der Waals surface area contributed by atoms with Crippen molar-refractivity contribution in [2.45, 2.75) is 0 Å². The van der Waals surface area contributed by atoms with Crippen molar-refractivity contribution in [2.24, 2.45) is 0 Å². The predicted molar refractivity (Wildman–Crippen MR) is 50.1 cm³/mol. The van der Waals surface area contributed by atoms with Gasteiger partial charge in [0.05, 0.1) is 5.52 Å². The van der Waals surface area contributed by atoms with Crippen molar-refractivity contribution in [3.8, 4) is 0 Å². The van der Waals surface area contributed by atoms with Crippen molar-refractivity contribution in [1.29, 1.82) is 0 Å². The SMILES string of the molecule is [B]c1cnn2ccc(NC)cc12. The topological polar surface area (TPSA) is 29.3 Å². The Morgan fingerprint density at radius 1 is 1.58 bits per heavy atom. The van der Waals surface area contributed by atoms with Crippen LogP contribution in [0.15, 0.2) is 24.5 Å². The Bertz CT molecular complexity index is 408. The molecule has 0 amide bonds. The summed E-state index contributed by atoms with van der Waals surface area (Å²) in [5, 5.41) is 7.10. The fourth-order valence-electron chi connectivity index (χ4n) is 1.16. The molecule has 4 heteroatoms. The minimum absolute atomic E-state index is 0.701. The van der Waals surface area contributed by atoms with Crippen LogP contribution in [-0.4, -0.2) is 24.5 Å². The van der Waals surface area contributed by atoms with Crippen molar-refractivity contribution in [2.75, 3.05) is 12.4 Å². The second-order valence-corrected chi connectivity index (χ2v) is 2.60. The minimum Gasteiger partial charge on any atom is -0.388 e. The van der Waals surface area contributed by atoms with Crippen molar-refractivity contribution in [3.05, 3.63) is 24.5 Å². The molecule has 0 spiro atoms. The fourth-order valence-corrected chi connectivity index (χ4v) is 1.16. The van der Waals surface area contributed by atoms with Gasteiger partial charge in [0, 0.05) is 25.1 Å². The lowest BCUT2D eigenvalue weighted by molar-refractivity contribution is 0.961. The van der Waals surface area contributed by atoms with Gasteiger partial charge in [-0.15, -0.1) is 0 Å². The fraction of sp³-hybridized carbons (Fsp3) is 0.125. The molecule has 2 radical (unpaired) electrons. The highest BCUT2D eigenvalue weighted by atomic mass is 15.2. The van der Waals surface area contributed by atoms with Gasteiger partial charge in [0.25, 0.3) is 0 Å². The number of anilines is 1. The molecule has 0 saturated carbocycles. The molecular weight excluding hydrogens is 149 g/mol. The highest BCUT2D eigenvalue weighted by molar-refractivity contribution is 6.36. The van der Waals surface area contributed by atoms with Gasteiger partial charge in [-0.05, 0) is 12.1 Å². The van der Waals surface area contributed by atoms with E-state index in [1.54, 1.807) is 10.7 Å². The maximum Gasteiger partial charge on any atom is 0.119 e. The summed E-state index contributed by atoms with van der Waals surface area (Å²) in [4.78, 5) is 0. The molecule has 3 nitrogen and oxygen atoms in total. The van der Waals surface area contributed by atoms with Crippen LogP contribution in [0.3, 0.4) is 0 Å². The maximum atomic E-state index is 5.69. The molecule has 2 aromatic rings. The van der Waals surface area contributed by atoms with Crippen LogP contribution in [0.1, 0.15) is 0 Å². The zero-order chi connectivity index (χ0) is 8.55. The zero-order valence-electron chi connectivity index (χ0n) is 6.78. The maximum absolute atomic E-state index is 5.69. The van der Waals surface area contributed by atoms with E-state index in [2.05, 4.69) is 10.4 Å². The Morgan fingerprint density at radius 3 is 3.17 bits per heavy atom. The Hall–Kier alpha value is -1.45. The van der Waals surface area contributed by atoms with Crippen LogP contribution in [-0.2, 0) is 0 Å². The third-order valence-corrected chi connectivity index (χ3v) is 1.84. The van der Waals surface area contributed by atoms with E-state index >= 15 is 0 Å². The number of aromatic nitrogens is 2. The molecule has 0 atom stereocenters. The lowest BCUT2D eigenvalue weighted by Gasteiger charge is -2.00. The summed E-state index contributed by atoms with van der Waals surface area (Å²) in [6, 6.07) is 3.90.